The van der Waals surface area contributed by atoms with E-state index < -0.39 is 13.0 Å². The van der Waals surface area contributed by atoms with Crippen LogP contribution < -0.4 is 10.3 Å². The third kappa shape index (κ3) is 3.12. The molecule has 5 heteroatoms. The van der Waals surface area contributed by atoms with Crippen LogP contribution in [-0.4, -0.2) is 18.1 Å². The van der Waals surface area contributed by atoms with Crippen LogP contribution in [0.4, 0.5) is 8.78 Å². The molecule has 112 valence electrons. The fraction of sp³-hybridized carbons (Fsp3) is 0.312. The first-order valence-electron chi connectivity index (χ1n) is 6.57. The first-order chi connectivity index (χ1) is 9.93. The Morgan fingerprint density at radius 3 is 2.43 bits per heavy atom. The van der Waals surface area contributed by atoms with E-state index in [1.807, 2.05) is 13.0 Å². The zero-order valence-electron chi connectivity index (χ0n) is 12.2. The Labute approximate surface area is 121 Å². The van der Waals surface area contributed by atoms with Crippen LogP contribution in [0.1, 0.15) is 11.1 Å². The predicted molar refractivity (Wildman–Crippen MR) is 78.2 cm³/mol. The molecule has 1 heterocycles. The highest BCUT2D eigenvalue weighted by Gasteiger charge is 2.14. The Balaban J connectivity index is 2.63. The maximum atomic E-state index is 12.8. The average molecular weight is 293 g/mol. The zero-order valence-corrected chi connectivity index (χ0v) is 12.2. The fourth-order valence-corrected chi connectivity index (χ4v) is 2.29. The Bertz CT molecular complexity index is 708. The van der Waals surface area contributed by atoms with Gasteiger partial charge in [-0.3, -0.25) is 4.79 Å². The topological polar surface area (TPSA) is 31.2 Å². The molecule has 0 amide bonds. The number of aromatic nitrogens is 1. The number of hydrogen-bond acceptors (Lipinski definition) is 2. The van der Waals surface area contributed by atoms with Crippen LogP contribution in [0, 0.1) is 13.8 Å². The monoisotopic (exact) mass is 293 g/mol. The minimum absolute atomic E-state index is 0.386. The number of hydrogen-bond donors (Lipinski definition) is 0. The molecule has 2 aromatic rings. The lowest BCUT2D eigenvalue weighted by atomic mass is 10.0. The smallest absolute Gasteiger partial charge is 0.256 e. The number of nitrogens with zero attached hydrogens (tertiary/aromatic N) is 1. The van der Waals surface area contributed by atoms with Crippen LogP contribution in [0.3, 0.4) is 0 Å². The maximum absolute atomic E-state index is 12.8. The van der Waals surface area contributed by atoms with Gasteiger partial charge in [0.15, 0.2) is 0 Å². The molecule has 0 aliphatic rings. The molecule has 0 aliphatic carbocycles. The molecule has 2 rings (SSSR count). The molecule has 1 aromatic carbocycles. The first-order valence-corrected chi connectivity index (χ1v) is 6.57. The van der Waals surface area contributed by atoms with Gasteiger partial charge in [0.2, 0.25) is 0 Å². The molecule has 0 bridgehead atoms. The molecular weight excluding hydrogens is 276 g/mol. The Kier molecular flexibility index (Phi) is 4.40. The van der Waals surface area contributed by atoms with Gasteiger partial charge in [0.05, 0.1) is 19.3 Å². The van der Waals surface area contributed by atoms with Crippen LogP contribution in [0.2, 0.25) is 0 Å². The second-order valence-corrected chi connectivity index (χ2v) is 4.89. The van der Waals surface area contributed by atoms with Gasteiger partial charge < -0.3 is 9.30 Å². The zero-order chi connectivity index (χ0) is 15.6. The van der Waals surface area contributed by atoms with E-state index in [-0.39, 0.29) is 5.56 Å². The van der Waals surface area contributed by atoms with Crippen molar-refractivity contribution in [3.63, 3.8) is 0 Å². The summed E-state index contributed by atoms with van der Waals surface area (Å²) in [6.45, 7) is 2.87. The van der Waals surface area contributed by atoms with Gasteiger partial charge in [-0.1, -0.05) is 6.07 Å². The summed E-state index contributed by atoms with van der Waals surface area (Å²) >= 11 is 0. The number of aryl methyl sites for hydroxylation is 2. The van der Waals surface area contributed by atoms with E-state index in [4.69, 9.17) is 4.74 Å². The maximum Gasteiger partial charge on any atom is 0.256 e. The summed E-state index contributed by atoms with van der Waals surface area (Å²) in [6, 6.07) is 8.70. The summed E-state index contributed by atoms with van der Waals surface area (Å²) < 4.78 is 31.8. The minimum atomic E-state index is -2.58. The van der Waals surface area contributed by atoms with E-state index in [0.29, 0.717) is 17.0 Å². The molecule has 0 saturated carbocycles. The van der Waals surface area contributed by atoms with E-state index in [9.17, 15) is 13.6 Å². The molecule has 0 aliphatic heterocycles. The van der Waals surface area contributed by atoms with Crippen molar-refractivity contribution in [3.8, 4) is 17.0 Å². The van der Waals surface area contributed by atoms with Crippen LogP contribution in [0.25, 0.3) is 11.3 Å². The van der Waals surface area contributed by atoms with Gasteiger partial charge in [-0.05, 0) is 43.7 Å². The average Bonchev–Trinajstić information content (AvgIpc) is 2.44. The van der Waals surface area contributed by atoms with Crippen molar-refractivity contribution in [1.82, 2.24) is 4.57 Å². The lowest BCUT2D eigenvalue weighted by Gasteiger charge is -2.16. The second kappa shape index (κ2) is 6.08. The largest absolute Gasteiger partial charge is 0.497 e. The molecule has 0 saturated heterocycles. The minimum Gasteiger partial charge on any atom is -0.497 e. The van der Waals surface area contributed by atoms with Crippen LogP contribution in [-0.2, 0) is 6.54 Å². The Morgan fingerprint density at radius 2 is 1.86 bits per heavy atom. The number of alkyl halides is 2. The number of rotatable bonds is 4. The molecular formula is C16H17F2NO2. The molecule has 1 aromatic heterocycles. The van der Waals surface area contributed by atoms with Gasteiger partial charge in [-0.25, -0.2) is 8.78 Å². The normalized spacial score (nSPS) is 11.0. The molecule has 0 atom stereocenters. The van der Waals surface area contributed by atoms with Gasteiger partial charge in [0.1, 0.15) is 5.75 Å². The molecule has 0 fully saturated rings. The molecule has 0 N–H and O–H groups in total. The summed E-state index contributed by atoms with van der Waals surface area (Å²) in [5, 5.41) is 0. The highest BCUT2D eigenvalue weighted by Crippen LogP contribution is 2.26. The standard InChI is InChI=1S/C16H17F2NO2/c1-10-4-7-14(19(16(10)20)9-15(17)18)13-6-5-12(21-3)8-11(13)2/h4-8,15H,9H2,1-3H3. The van der Waals surface area contributed by atoms with Crippen molar-refractivity contribution in [2.75, 3.05) is 7.11 Å². The van der Waals surface area contributed by atoms with Crippen LogP contribution in [0.15, 0.2) is 35.1 Å². The lowest BCUT2D eigenvalue weighted by Crippen LogP contribution is -2.26. The number of pyridine rings is 1. The number of ether oxygens (including phenoxy) is 1. The highest BCUT2D eigenvalue weighted by atomic mass is 19.3. The number of methoxy groups -OCH3 is 1. The predicted octanol–water partition coefficient (Wildman–Crippen LogP) is 3.41. The van der Waals surface area contributed by atoms with E-state index in [2.05, 4.69) is 0 Å². The van der Waals surface area contributed by atoms with Crippen LogP contribution >= 0.6 is 0 Å². The second-order valence-electron chi connectivity index (χ2n) is 4.89. The van der Waals surface area contributed by atoms with Crippen molar-refractivity contribution in [3.05, 3.63) is 51.8 Å². The van der Waals surface area contributed by atoms with Crippen molar-refractivity contribution >= 4 is 0 Å². The third-order valence-electron chi connectivity index (χ3n) is 3.39. The number of benzene rings is 1. The van der Waals surface area contributed by atoms with Crippen molar-refractivity contribution in [2.45, 2.75) is 26.8 Å². The first kappa shape index (κ1) is 15.2. The fourth-order valence-electron chi connectivity index (χ4n) is 2.29. The summed E-state index contributed by atoms with van der Waals surface area (Å²) in [7, 11) is 1.56. The quantitative estimate of drug-likeness (QED) is 0.865. The Morgan fingerprint density at radius 1 is 1.14 bits per heavy atom. The lowest BCUT2D eigenvalue weighted by molar-refractivity contribution is 0.126. The third-order valence-corrected chi connectivity index (χ3v) is 3.39. The molecule has 21 heavy (non-hydrogen) atoms. The highest BCUT2D eigenvalue weighted by molar-refractivity contribution is 5.65. The van der Waals surface area contributed by atoms with E-state index in [1.165, 1.54) is 0 Å². The number of halogens is 2. The molecule has 0 radical (unpaired) electrons. The van der Waals surface area contributed by atoms with E-state index >= 15 is 0 Å². The van der Waals surface area contributed by atoms with Gasteiger partial charge >= 0.3 is 0 Å². The summed E-state index contributed by atoms with van der Waals surface area (Å²) in [6.07, 6.45) is -2.58. The van der Waals surface area contributed by atoms with Gasteiger partial charge in [0.25, 0.3) is 12.0 Å². The van der Waals surface area contributed by atoms with Crippen molar-refractivity contribution in [1.29, 1.82) is 0 Å². The summed E-state index contributed by atoms with van der Waals surface area (Å²) in [5.41, 5.74) is 2.16. The molecule has 3 nitrogen and oxygen atoms in total. The van der Waals surface area contributed by atoms with E-state index in [1.54, 1.807) is 38.3 Å². The SMILES string of the molecule is COc1ccc(-c2ccc(C)c(=O)n2CC(F)F)c(C)c1. The van der Waals surface area contributed by atoms with Crippen molar-refractivity contribution < 1.29 is 13.5 Å². The van der Waals surface area contributed by atoms with Crippen molar-refractivity contribution in [2.24, 2.45) is 0 Å². The summed E-state index contributed by atoms with van der Waals surface area (Å²) in [4.78, 5) is 12.1. The Hall–Kier alpha value is -2.17. The van der Waals surface area contributed by atoms with Gasteiger partial charge in [-0.2, -0.15) is 0 Å². The van der Waals surface area contributed by atoms with Gasteiger partial charge in [-0.15, -0.1) is 0 Å². The van der Waals surface area contributed by atoms with Gasteiger partial charge in [0, 0.05) is 11.1 Å². The molecule has 0 spiro atoms. The van der Waals surface area contributed by atoms with Crippen LogP contribution in [0.5, 0.6) is 5.75 Å². The molecule has 0 unspecified atom stereocenters. The van der Waals surface area contributed by atoms with E-state index in [0.717, 1.165) is 15.7 Å². The summed E-state index contributed by atoms with van der Waals surface area (Å²) in [5.74, 6) is 0.686.